The molecule has 1 heterocycles. The third-order valence-corrected chi connectivity index (χ3v) is 4.15. The number of amides is 1. The molecule has 122 valence electrons. The van der Waals surface area contributed by atoms with Crippen LogP contribution in [0, 0.1) is 18.3 Å². The number of pyridine rings is 1. The largest absolute Gasteiger partial charge is 0.378 e. The van der Waals surface area contributed by atoms with Crippen LogP contribution in [0.2, 0.25) is 0 Å². The highest BCUT2D eigenvalue weighted by Crippen LogP contribution is 2.28. The molecule has 1 aliphatic rings. The van der Waals surface area contributed by atoms with Crippen LogP contribution in [0.25, 0.3) is 11.1 Å². The van der Waals surface area contributed by atoms with E-state index in [1.807, 2.05) is 43.3 Å². The van der Waals surface area contributed by atoms with Gasteiger partial charge in [0.1, 0.15) is 11.8 Å². The van der Waals surface area contributed by atoms with Crippen LogP contribution in [0.5, 0.6) is 0 Å². The predicted molar refractivity (Wildman–Crippen MR) is 93.9 cm³/mol. The van der Waals surface area contributed by atoms with Crippen LogP contribution in [-0.4, -0.2) is 31.0 Å². The van der Waals surface area contributed by atoms with Crippen molar-refractivity contribution in [3.8, 4) is 17.2 Å². The highest BCUT2D eigenvalue weighted by Gasteiger charge is 2.25. The van der Waals surface area contributed by atoms with Gasteiger partial charge in [0.05, 0.1) is 11.3 Å². The fraction of sp³-hybridized carbons (Fsp3) is 0.316. The van der Waals surface area contributed by atoms with Crippen molar-refractivity contribution in [1.82, 2.24) is 10.3 Å². The second-order valence-corrected chi connectivity index (χ2v) is 6.32. The van der Waals surface area contributed by atoms with Gasteiger partial charge in [-0.2, -0.15) is 5.26 Å². The summed E-state index contributed by atoms with van der Waals surface area (Å²) in [6.45, 7) is 1.77. The summed E-state index contributed by atoms with van der Waals surface area (Å²) < 4.78 is 0. The Morgan fingerprint density at radius 1 is 1.29 bits per heavy atom. The minimum absolute atomic E-state index is 0.170. The zero-order valence-electron chi connectivity index (χ0n) is 14.1. The lowest BCUT2D eigenvalue weighted by atomic mass is 9.98. The maximum Gasteiger partial charge on any atom is 0.270 e. The molecule has 3 rings (SSSR count). The Balaban J connectivity index is 2.02. The molecule has 0 unspecified atom stereocenters. The fourth-order valence-electron chi connectivity index (χ4n) is 2.58. The third-order valence-electron chi connectivity index (χ3n) is 4.15. The van der Waals surface area contributed by atoms with E-state index in [1.165, 1.54) is 0 Å². The van der Waals surface area contributed by atoms with Crippen molar-refractivity contribution in [2.24, 2.45) is 0 Å². The summed E-state index contributed by atoms with van der Waals surface area (Å²) in [6.07, 6.45) is 2.06. The SMILES string of the molecule is Cc1nc(C(=O)NC2CC2)cc(-c2ccc(N(C)C)cc2)c1C#N. The monoisotopic (exact) mass is 320 g/mol. The summed E-state index contributed by atoms with van der Waals surface area (Å²) >= 11 is 0. The van der Waals surface area contributed by atoms with Crippen LogP contribution in [0.1, 0.15) is 34.6 Å². The first-order valence-corrected chi connectivity index (χ1v) is 8.00. The summed E-state index contributed by atoms with van der Waals surface area (Å²) in [4.78, 5) is 18.6. The molecule has 5 heteroatoms. The number of benzene rings is 1. The molecule has 1 aromatic carbocycles. The molecule has 0 bridgehead atoms. The number of nitrogens with zero attached hydrogens (tertiary/aromatic N) is 3. The van der Waals surface area contributed by atoms with Crippen molar-refractivity contribution in [2.45, 2.75) is 25.8 Å². The van der Waals surface area contributed by atoms with Crippen LogP contribution in [0.15, 0.2) is 30.3 Å². The summed E-state index contributed by atoms with van der Waals surface area (Å²) in [5.41, 5.74) is 4.18. The average Bonchev–Trinajstić information content (AvgIpc) is 3.38. The first-order chi connectivity index (χ1) is 11.5. The van der Waals surface area contributed by atoms with Gasteiger partial charge in [0.2, 0.25) is 0 Å². The van der Waals surface area contributed by atoms with Crippen LogP contribution < -0.4 is 10.2 Å². The molecule has 24 heavy (non-hydrogen) atoms. The second kappa shape index (κ2) is 6.32. The van der Waals surface area contributed by atoms with Gasteiger partial charge in [-0.25, -0.2) is 4.98 Å². The number of nitriles is 1. The number of hydrogen-bond acceptors (Lipinski definition) is 4. The summed E-state index contributed by atoms with van der Waals surface area (Å²) in [7, 11) is 3.96. The van der Waals surface area contributed by atoms with Gasteiger partial charge in [-0.15, -0.1) is 0 Å². The maximum atomic E-state index is 12.3. The van der Waals surface area contributed by atoms with Crippen molar-refractivity contribution in [3.05, 3.63) is 47.3 Å². The first kappa shape index (κ1) is 16.0. The van der Waals surface area contributed by atoms with Gasteiger partial charge in [0.15, 0.2) is 0 Å². The molecule has 0 saturated heterocycles. The lowest BCUT2D eigenvalue weighted by Gasteiger charge is -2.14. The summed E-state index contributed by atoms with van der Waals surface area (Å²) in [5, 5.41) is 12.4. The molecule has 1 N–H and O–H groups in total. The molecule has 0 atom stereocenters. The Morgan fingerprint density at radius 2 is 1.96 bits per heavy atom. The normalized spacial score (nSPS) is 13.2. The Hall–Kier alpha value is -2.87. The Bertz CT molecular complexity index is 814. The van der Waals surface area contributed by atoms with E-state index >= 15 is 0 Å². The molecule has 0 spiro atoms. The molecule has 1 fully saturated rings. The first-order valence-electron chi connectivity index (χ1n) is 8.00. The van der Waals surface area contributed by atoms with Crippen molar-refractivity contribution < 1.29 is 4.79 Å². The van der Waals surface area contributed by atoms with E-state index < -0.39 is 0 Å². The van der Waals surface area contributed by atoms with E-state index in [9.17, 15) is 10.1 Å². The van der Waals surface area contributed by atoms with Gasteiger partial charge in [-0.1, -0.05) is 12.1 Å². The zero-order chi connectivity index (χ0) is 17.3. The average molecular weight is 320 g/mol. The van der Waals surface area contributed by atoms with Crippen molar-refractivity contribution in [2.75, 3.05) is 19.0 Å². The quantitative estimate of drug-likeness (QED) is 0.940. The number of nitrogens with one attached hydrogen (secondary N) is 1. The third kappa shape index (κ3) is 3.23. The number of hydrogen-bond donors (Lipinski definition) is 1. The topological polar surface area (TPSA) is 69.0 Å². The fourth-order valence-corrected chi connectivity index (χ4v) is 2.58. The predicted octanol–water partition coefficient (Wildman–Crippen LogP) is 2.89. The maximum absolute atomic E-state index is 12.3. The zero-order valence-corrected chi connectivity index (χ0v) is 14.1. The van der Waals surface area contributed by atoms with E-state index in [0.29, 0.717) is 17.0 Å². The Labute approximate surface area is 141 Å². The number of anilines is 1. The molecule has 1 amide bonds. The minimum atomic E-state index is -0.170. The van der Waals surface area contributed by atoms with E-state index in [-0.39, 0.29) is 11.9 Å². The van der Waals surface area contributed by atoms with Gasteiger partial charge in [0.25, 0.3) is 5.91 Å². The van der Waals surface area contributed by atoms with E-state index in [2.05, 4.69) is 16.4 Å². The van der Waals surface area contributed by atoms with E-state index in [4.69, 9.17) is 0 Å². The Kier molecular flexibility index (Phi) is 4.22. The highest BCUT2D eigenvalue weighted by atomic mass is 16.2. The van der Waals surface area contributed by atoms with Crippen molar-refractivity contribution in [1.29, 1.82) is 5.26 Å². The van der Waals surface area contributed by atoms with Crippen LogP contribution in [-0.2, 0) is 0 Å². The van der Waals surface area contributed by atoms with E-state index in [1.54, 1.807) is 13.0 Å². The second-order valence-electron chi connectivity index (χ2n) is 6.32. The van der Waals surface area contributed by atoms with E-state index in [0.717, 1.165) is 29.7 Å². The summed E-state index contributed by atoms with van der Waals surface area (Å²) in [5.74, 6) is -0.170. The van der Waals surface area contributed by atoms with Gasteiger partial charge in [-0.05, 0) is 43.5 Å². The van der Waals surface area contributed by atoms with Gasteiger partial charge in [0, 0.05) is 31.4 Å². The molecular formula is C19H20N4O. The molecule has 1 aliphatic carbocycles. The smallest absolute Gasteiger partial charge is 0.270 e. The van der Waals surface area contributed by atoms with Gasteiger partial charge < -0.3 is 10.2 Å². The number of carbonyl (C=O) groups is 1. The standard InChI is InChI=1S/C19H20N4O/c1-12-17(11-20)16(13-4-8-15(9-5-13)23(2)3)10-18(21-12)19(24)22-14-6-7-14/h4-5,8-10,14H,6-7H2,1-3H3,(H,22,24). The lowest BCUT2D eigenvalue weighted by Crippen LogP contribution is -2.26. The molecule has 0 radical (unpaired) electrons. The molecule has 5 nitrogen and oxygen atoms in total. The Morgan fingerprint density at radius 3 is 2.50 bits per heavy atom. The molecular weight excluding hydrogens is 300 g/mol. The van der Waals surface area contributed by atoms with Crippen LogP contribution in [0.3, 0.4) is 0 Å². The number of carbonyl (C=O) groups excluding carboxylic acids is 1. The van der Waals surface area contributed by atoms with Crippen LogP contribution in [0.4, 0.5) is 5.69 Å². The number of aromatic nitrogens is 1. The molecule has 0 aliphatic heterocycles. The number of aryl methyl sites for hydroxylation is 1. The number of rotatable bonds is 4. The van der Waals surface area contributed by atoms with Crippen molar-refractivity contribution in [3.63, 3.8) is 0 Å². The van der Waals surface area contributed by atoms with Crippen molar-refractivity contribution >= 4 is 11.6 Å². The van der Waals surface area contributed by atoms with Gasteiger partial charge in [-0.3, -0.25) is 4.79 Å². The molecule has 1 aromatic heterocycles. The highest BCUT2D eigenvalue weighted by molar-refractivity contribution is 5.94. The van der Waals surface area contributed by atoms with Crippen LogP contribution >= 0.6 is 0 Å². The molecule has 2 aromatic rings. The summed E-state index contributed by atoms with van der Waals surface area (Å²) in [6, 6.07) is 12.1. The minimum Gasteiger partial charge on any atom is -0.378 e. The van der Waals surface area contributed by atoms with Gasteiger partial charge >= 0.3 is 0 Å². The molecule has 1 saturated carbocycles. The lowest BCUT2D eigenvalue weighted by molar-refractivity contribution is 0.0946.